The fourth-order valence-corrected chi connectivity index (χ4v) is 3.30. The first kappa shape index (κ1) is 20.9. The van der Waals surface area contributed by atoms with Gasteiger partial charge in [0.25, 0.3) is 0 Å². The standard InChI is InChI=1S/C17H18BrFN6O4/c1-9(26)25-6-2-3-10(8-25)17(27)21-16-14(23-29-24-16)15(22-28)20-11-4-5-13(19)12(18)7-11/h4-5,7,10,28H,2-3,6,8H2,1H3,(H,20,22)(H,21,24,27). The molecule has 0 saturated carbocycles. The SMILES string of the molecule is CC(=O)N1CCCC(C(=O)Nc2nonc2C(=Nc2ccc(F)c(Br)c2)NO)C1. The van der Waals surface area contributed by atoms with Gasteiger partial charge in [-0.1, -0.05) is 0 Å². The van der Waals surface area contributed by atoms with Crippen molar-refractivity contribution in [2.24, 2.45) is 10.9 Å². The highest BCUT2D eigenvalue weighted by molar-refractivity contribution is 9.10. The third kappa shape index (κ3) is 4.95. The topological polar surface area (TPSA) is 133 Å². The number of rotatable bonds is 4. The first-order valence-electron chi connectivity index (χ1n) is 8.72. The number of piperidine rings is 1. The van der Waals surface area contributed by atoms with E-state index < -0.39 is 11.7 Å². The van der Waals surface area contributed by atoms with Crippen LogP contribution in [0, 0.1) is 11.7 Å². The van der Waals surface area contributed by atoms with E-state index in [-0.39, 0.29) is 33.6 Å². The van der Waals surface area contributed by atoms with E-state index in [1.165, 1.54) is 25.1 Å². The molecule has 0 bridgehead atoms. The van der Waals surface area contributed by atoms with Gasteiger partial charge in [0, 0.05) is 20.0 Å². The Hall–Kier alpha value is -2.86. The smallest absolute Gasteiger partial charge is 0.230 e. The van der Waals surface area contributed by atoms with Crippen molar-refractivity contribution in [3.05, 3.63) is 34.2 Å². The van der Waals surface area contributed by atoms with Gasteiger partial charge in [-0.3, -0.25) is 20.3 Å². The lowest BCUT2D eigenvalue weighted by Crippen LogP contribution is -2.43. The molecule has 29 heavy (non-hydrogen) atoms. The maximum Gasteiger partial charge on any atom is 0.230 e. The van der Waals surface area contributed by atoms with E-state index in [1.54, 1.807) is 4.90 Å². The second-order valence-corrected chi connectivity index (χ2v) is 7.28. The first-order chi connectivity index (χ1) is 13.9. The summed E-state index contributed by atoms with van der Waals surface area (Å²) in [5, 5.41) is 19.4. The molecule has 10 nitrogen and oxygen atoms in total. The van der Waals surface area contributed by atoms with Crippen LogP contribution in [0.5, 0.6) is 0 Å². The maximum absolute atomic E-state index is 13.4. The van der Waals surface area contributed by atoms with Gasteiger partial charge in [0.15, 0.2) is 11.5 Å². The average molecular weight is 469 g/mol. The fourth-order valence-electron chi connectivity index (χ4n) is 2.94. The van der Waals surface area contributed by atoms with Gasteiger partial charge in [-0.2, -0.15) is 0 Å². The number of hydroxylamine groups is 1. The summed E-state index contributed by atoms with van der Waals surface area (Å²) in [5.41, 5.74) is 2.14. The Morgan fingerprint density at radius 2 is 2.21 bits per heavy atom. The summed E-state index contributed by atoms with van der Waals surface area (Å²) >= 11 is 3.05. The van der Waals surface area contributed by atoms with E-state index in [9.17, 15) is 19.2 Å². The molecule has 1 fully saturated rings. The van der Waals surface area contributed by atoms with Crippen molar-refractivity contribution in [1.29, 1.82) is 0 Å². The zero-order valence-electron chi connectivity index (χ0n) is 15.4. The van der Waals surface area contributed by atoms with Crippen LogP contribution in [0.1, 0.15) is 25.5 Å². The maximum atomic E-state index is 13.4. The summed E-state index contributed by atoms with van der Waals surface area (Å²) in [7, 11) is 0. The monoisotopic (exact) mass is 468 g/mol. The normalized spacial score (nSPS) is 17.2. The second kappa shape index (κ2) is 9.09. The van der Waals surface area contributed by atoms with E-state index in [1.807, 2.05) is 5.48 Å². The van der Waals surface area contributed by atoms with E-state index >= 15 is 0 Å². The molecule has 1 unspecified atom stereocenters. The third-order valence-electron chi connectivity index (χ3n) is 4.44. The van der Waals surface area contributed by atoms with Crippen molar-refractivity contribution < 1.29 is 23.8 Å². The average Bonchev–Trinajstić information content (AvgIpc) is 3.16. The van der Waals surface area contributed by atoms with Gasteiger partial charge in [0.2, 0.25) is 17.6 Å². The van der Waals surface area contributed by atoms with Crippen molar-refractivity contribution in [1.82, 2.24) is 20.7 Å². The number of likely N-dealkylation sites (tertiary alicyclic amines) is 1. The summed E-state index contributed by atoms with van der Waals surface area (Å²) in [5.74, 6) is -1.52. The predicted molar refractivity (Wildman–Crippen MR) is 103 cm³/mol. The Morgan fingerprint density at radius 1 is 1.41 bits per heavy atom. The Balaban J connectivity index is 1.78. The number of benzene rings is 1. The van der Waals surface area contributed by atoms with Crippen LogP contribution in [0.2, 0.25) is 0 Å². The van der Waals surface area contributed by atoms with E-state index in [4.69, 9.17) is 0 Å². The number of amides is 2. The highest BCUT2D eigenvalue weighted by Crippen LogP contribution is 2.24. The predicted octanol–water partition coefficient (Wildman–Crippen LogP) is 2.23. The Morgan fingerprint density at radius 3 is 2.90 bits per heavy atom. The highest BCUT2D eigenvalue weighted by Gasteiger charge is 2.29. The fraction of sp³-hybridized carbons (Fsp3) is 0.353. The van der Waals surface area contributed by atoms with Crippen molar-refractivity contribution in [3.63, 3.8) is 0 Å². The summed E-state index contributed by atoms with van der Waals surface area (Å²) in [6.45, 7) is 2.39. The molecule has 0 aliphatic carbocycles. The molecule has 12 heteroatoms. The van der Waals surface area contributed by atoms with E-state index in [0.717, 1.165) is 0 Å². The lowest BCUT2D eigenvalue weighted by molar-refractivity contribution is -0.132. The molecule has 3 rings (SSSR count). The number of amidine groups is 1. The van der Waals surface area contributed by atoms with Crippen molar-refractivity contribution in [2.75, 3.05) is 18.4 Å². The zero-order valence-corrected chi connectivity index (χ0v) is 16.9. The summed E-state index contributed by atoms with van der Waals surface area (Å²) in [6, 6.07) is 3.99. The van der Waals surface area contributed by atoms with Crippen LogP contribution in [-0.2, 0) is 9.59 Å². The lowest BCUT2D eigenvalue weighted by atomic mass is 9.97. The second-order valence-electron chi connectivity index (χ2n) is 6.43. The van der Waals surface area contributed by atoms with Crippen LogP contribution < -0.4 is 10.8 Å². The molecule has 2 aromatic rings. The number of aliphatic imine (C=N–C) groups is 1. The van der Waals surface area contributed by atoms with Crippen LogP contribution in [0.3, 0.4) is 0 Å². The van der Waals surface area contributed by atoms with E-state index in [2.05, 4.69) is 41.2 Å². The van der Waals surface area contributed by atoms with Crippen molar-refractivity contribution in [3.8, 4) is 0 Å². The van der Waals surface area contributed by atoms with Crippen LogP contribution >= 0.6 is 15.9 Å². The van der Waals surface area contributed by atoms with Gasteiger partial charge in [-0.05, 0) is 57.3 Å². The van der Waals surface area contributed by atoms with Gasteiger partial charge >= 0.3 is 0 Å². The quantitative estimate of drug-likeness (QED) is 0.355. The summed E-state index contributed by atoms with van der Waals surface area (Å²) in [6.07, 6.45) is 1.34. The third-order valence-corrected chi connectivity index (χ3v) is 5.05. The Kier molecular flexibility index (Phi) is 6.54. The number of nitrogens with zero attached hydrogens (tertiary/aromatic N) is 4. The molecule has 0 radical (unpaired) electrons. The number of hydrogen-bond donors (Lipinski definition) is 3. The van der Waals surface area contributed by atoms with Crippen LogP contribution in [0.15, 0.2) is 32.3 Å². The molecule has 1 aliphatic rings. The van der Waals surface area contributed by atoms with E-state index in [0.29, 0.717) is 31.6 Å². The van der Waals surface area contributed by atoms with Gasteiger partial charge < -0.3 is 10.2 Å². The van der Waals surface area contributed by atoms with Gasteiger partial charge in [0.05, 0.1) is 16.1 Å². The number of aromatic nitrogens is 2. The number of halogens is 2. The molecule has 1 atom stereocenters. The molecule has 1 saturated heterocycles. The molecule has 154 valence electrons. The van der Waals surface area contributed by atoms with Gasteiger partial charge in [-0.25, -0.2) is 14.0 Å². The largest absolute Gasteiger partial charge is 0.342 e. The minimum atomic E-state index is -0.467. The van der Waals surface area contributed by atoms with Gasteiger partial charge in [-0.15, -0.1) is 0 Å². The summed E-state index contributed by atoms with van der Waals surface area (Å²) < 4.78 is 18.2. The molecule has 2 amide bonds. The number of carbonyl (C=O) groups is 2. The number of carbonyl (C=O) groups excluding carboxylic acids is 2. The molecule has 3 N–H and O–H groups in total. The minimum absolute atomic E-state index is 0.0412. The zero-order chi connectivity index (χ0) is 21.0. The van der Waals surface area contributed by atoms with Crippen LogP contribution in [0.25, 0.3) is 0 Å². The highest BCUT2D eigenvalue weighted by atomic mass is 79.9. The molecule has 1 aliphatic heterocycles. The molecule has 1 aromatic heterocycles. The summed E-state index contributed by atoms with van der Waals surface area (Å²) in [4.78, 5) is 29.9. The number of anilines is 1. The lowest BCUT2D eigenvalue weighted by Gasteiger charge is -2.31. The van der Waals surface area contributed by atoms with Gasteiger partial charge in [0.1, 0.15) is 5.82 Å². The molecular weight excluding hydrogens is 451 g/mol. The molecule has 1 aromatic carbocycles. The Bertz CT molecular complexity index is 950. The number of nitrogens with one attached hydrogen (secondary N) is 2. The van der Waals surface area contributed by atoms with Crippen molar-refractivity contribution >= 4 is 45.1 Å². The first-order valence-corrected chi connectivity index (χ1v) is 9.51. The minimum Gasteiger partial charge on any atom is -0.342 e. The molecule has 0 spiro atoms. The van der Waals surface area contributed by atoms with Crippen LogP contribution in [0.4, 0.5) is 15.9 Å². The Labute approximate surface area is 173 Å². The van der Waals surface area contributed by atoms with Crippen molar-refractivity contribution in [2.45, 2.75) is 19.8 Å². The molecule has 2 heterocycles. The number of hydrogen-bond acceptors (Lipinski definition) is 7. The van der Waals surface area contributed by atoms with Crippen LogP contribution in [-0.4, -0.2) is 51.2 Å². The molecular formula is C17H18BrFN6O4.